The van der Waals surface area contributed by atoms with E-state index in [0.29, 0.717) is 5.82 Å². The van der Waals surface area contributed by atoms with Crippen LogP contribution in [0.3, 0.4) is 0 Å². The van der Waals surface area contributed by atoms with E-state index in [0.717, 1.165) is 68.5 Å². The number of imidazole rings is 1. The first-order chi connectivity index (χ1) is 18.8. The second-order valence-electron chi connectivity index (χ2n) is 9.18. The number of rotatable bonds is 7. The third-order valence-electron chi connectivity index (χ3n) is 6.64. The van der Waals surface area contributed by atoms with Crippen LogP contribution in [-0.2, 0) is 13.1 Å². The van der Waals surface area contributed by atoms with E-state index >= 15 is 0 Å². The predicted octanol–water partition coefficient (Wildman–Crippen LogP) is 6.11. The Morgan fingerprint density at radius 2 is 1.66 bits per heavy atom. The lowest BCUT2D eigenvalue weighted by Gasteiger charge is -2.07. The molecule has 8 heteroatoms. The monoisotopic (exact) mass is 497 g/mol. The average Bonchev–Trinajstić information content (AvgIpc) is 3.73. The number of aromatic amines is 2. The van der Waals surface area contributed by atoms with Crippen LogP contribution in [-0.4, -0.2) is 30.1 Å². The van der Waals surface area contributed by atoms with Crippen LogP contribution in [0.5, 0.6) is 0 Å². The number of aromatic nitrogens is 6. The molecule has 0 saturated heterocycles. The van der Waals surface area contributed by atoms with Gasteiger partial charge in [0.15, 0.2) is 5.82 Å². The van der Waals surface area contributed by atoms with E-state index in [4.69, 9.17) is 9.40 Å². The van der Waals surface area contributed by atoms with Crippen molar-refractivity contribution in [3.8, 4) is 33.8 Å². The first kappa shape index (κ1) is 22.1. The Hall–Kier alpha value is -5.08. The molecule has 3 N–H and O–H groups in total. The minimum atomic E-state index is 0.679. The summed E-state index contributed by atoms with van der Waals surface area (Å²) >= 11 is 0. The molecule has 2 aromatic carbocycles. The molecule has 0 amide bonds. The summed E-state index contributed by atoms with van der Waals surface area (Å²) in [6.45, 7) is 1.55. The molecule has 0 aliphatic rings. The zero-order valence-corrected chi connectivity index (χ0v) is 20.3. The molecule has 7 aromatic rings. The number of benzene rings is 2. The largest absolute Gasteiger partial charge is 0.472 e. The topological polar surface area (TPSA) is 108 Å². The van der Waals surface area contributed by atoms with Crippen LogP contribution < -0.4 is 5.32 Å². The summed E-state index contributed by atoms with van der Waals surface area (Å²) in [5.74, 6) is 0.679. The Labute approximate surface area is 217 Å². The van der Waals surface area contributed by atoms with Gasteiger partial charge in [0.25, 0.3) is 0 Å². The van der Waals surface area contributed by atoms with Crippen molar-refractivity contribution >= 4 is 21.9 Å². The van der Waals surface area contributed by atoms with Gasteiger partial charge in [-0.15, -0.1) is 0 Å². The standard InChI is InChI=1S/C30H23N7O/c1-2-4-19(5-3-1)12-31-13-20-10-23(15-32-14-20)21-6-7-26-24(11-21)29(37-36-26)30-34-27-17-33-16-25(28(27)35-30)22-8-9-38-18-22/h1-11,14-18,31H,12-13H2,(H,34,35)(H,36,37). The summed E-state index contributed by atoms with van der Waals surface area (Å²) in [7, 11) is 0. The van der Waals surface area contributed by atoms with Gasteiger partial charge < -0.3 is 14.7 Å². The van der Waals surface area contributed by atoms with Gasteiger partial charge in [0.05, 0.1) is 29.8 Å². The van der Waals surface area contributed by atoms with E-state index in [9.17, 15) is 0 Å². The van der Waals surface area contributed by atoms with E-state index in [-0.39, 0.29) is 0 Å². The summed E-state index contributed by atoms with van der Waals surface area (Å²) in [4.78, 5) is 17.2. The number of fused-ring (bicyclic) bond motifs is 2. The molecule has 38 heavy (non-hydrogen) atoms. The lowest BCUT2D eigenvalue weighted by atomic mass is 10.0. The minimum absolute atomic E-state index is 0.679. The van der Waals surface area contributed by atoms with Crippen molar-refractivity contribution in [2.75, 3.05) is 0 Å². The first-order valence-electron chi connectivity index (χ1n) is 12.4. The molecular weight excluding hydrogens is 474 g/mol. The van der Waals surface area contributed by atoms with Crippen LogP contribution in [0.4, 0.5) is 0 Å². The van der Waals surface area contributed by atoms with Gasteiger partial charge in [-0.05, 0) is 41.0 Å². The molecule has 0 aliphatic carbocycles. The van der Waals surface area contributed by atoms with Gasteiger partial charge in [-0.25, -0.2) is 4.98 Å². The fourth-order valence-corrected chi connectivity index (χ4v) is 4.74. The van der Waals surface area contributed by atoms with Gasteiger partial charge in [0.2, 0.25) is 0 Å². The predicted molar refractivity (Wildman–Crippen MR) is 147 cm³/mol. The molecular formula is C30H23N7O. The number of hydrogen-bond donors (Lipinski definition) is 3. The van der Waals surface area contributed by atoms with Crippen molar-refractivity contribution in [2.45, 2.75) is 13.1 Å². The molecule has 5 heterocycles. The van der Waals surface area contributed by atoms with Crippen LogP contribution in [0.15, 0.2) is 102 Å². The maximum atomic E-state index is 5.27. The second-order valence-corrected chi connectivity index (χ2v) is 9.18. The third kappa shape index (κ3) is 4.12. The van der Waals surface area contributed by atoms with Crippen LogP contribution in [0.2, 0.25) is 0 Å². The number of nitrogens with zero attached hydrogens (tertiary/aromatic N) is 4. The fourth-order valence-electron chi connectivity index (χ4n) is 4.74. The average molecular weight is 498 g/mol. The normalized spacial score (nSPS) is 11.5. The zero-order valence-electron chi connectivity index (χ0n) is 20.3. The van der Waals surface area contributed by atoms with Gasteiger partial charge in [0, 0.05) is 53.8 Å². The number of pyridine rings is 2. The van der Waals surface area contributed by atoms with Crippen molar-refractivity contribution in [1.82, 2.24) is 35.5 Å². The quantitative estimate of drug-likeness (QED) is 0.245. The van der Waals surface area contributed by atoms with Crippen molar-refractivity contribution in [2.24, 2.45) is 0 Å². The van der Waals surface area contributed by atoms with Crippen molar-refractivity contribution < 1.29 is 4.42 Å². The Kier molecular flexibility index (Phi) is 5.49. The molecule has 0 radical (unpaired) electrons. The number of hydrogen-bond acceptors (Lipinski definition) is 6. The number of furan rings is 1. The Balaban J connectivity index is 1.20. The van der Waals surface area contributed by atoms with Crippen molar-refractivity contribution in [3.05, 3.63) is 109 Å². The highest BCUT2D eigenvalue weighted by Crippen LogP contribution is 2.32. The highest BCUT2D eigenvalue weighted by molar-refractivity contribution is 5.97. The summed E-state index contributed by atoms with van der Waals surface area (Å²) in [5.41, 5.74) is 9.69. The molecule has 184 valence electrons. The maximum absolute atomic E-state index is 5.27. The third-order valence-corrected chi connectivity index (χ3v) is 6.64. The van der Waals surface area contributed by atoms with E-state index in [1.165, 1.54) is 5.56 Å². The van der Waals surface area contributed by atoms with E-state index in [1.54, 1.807) is 24.9 Å². The molecule has 5 aromatic heterocycles. The Bertz CT molecular complexity index is 1850. The van der Waals surface area contributed by atoms with Crippen LogP contribution in [0, 0.1) is 0 Å². The molecule has 0 fully saturated rings. The minimum Gasteiger partial charge on any atom is -0.472 e. The lowest BCUT2D eigenvalue weighted by molar-refractivity contribution is 0.568. The SMILES string of the molecule is c1ccc(CNCc2cncc(-c3ccc4[nH]nc(-c5nc6c(-c7ccoc7)cncc6[nH]5)c4c3)c2)cc1. The Morgan fingerprint density at radius 1 is 0.763 bits per heavy atom. The van der Waals surface area contributed by atoms with Gasteiger partial charge in [-0.2, -0.15) is 5.10 Å². The zero-order chi connectivity index (χ0) is 25.3. The molecule has 0 aliphatic heterocycles. The van der Waals surface area contributed by atoms with Crippen LogP contribution >= 0.6 is 0 Å². The van der Waals surface area contributed by atoms with Crippen LogP contribution in [0.25, 0.3) is 55.7 Å². The van der Waals surface area contributed by atoms with Gasteiger partial charge in [0.1, 0.15) is 11.2 Å². The molecule has 0 spiro atoms. The van der Waals surface area contributed by atoms with Crippen molar-refractivity contribution in [1.29, 1.82) is 0 Å². The van der Waals surface area contributed by atoms with E-state index in [2.05, 4.69) is 72.9 Å². The maximum Gasteiger partial charge on any atom is 0.159 e. The van der Waals surface area contributed by atoms with Gasteiger partial charge in [-0.3, -0.25) is 15.1 Å². The Morgan fingerprint density at radius 3 is 2.55 bits per heavy atom. The lowest BCUT2D eigenvalue weighted by Crippen LogP contribution is -2.12. The molecule has 0 unspecified atom stereocenters. The second kappa shape index (κ2) is 9.42. The summed E-state index contributed by atoms with van der Waals surface area (Å²) in [6.07, 6.45) is 10.7. The van der Waals surface area contributed by atoms with Gasteiger partial charge in [-0.1, -0.05) is 36.4 Å². The highest BCUT2D eigenvalue weighted by atomic mass is 16.3. The fraction of sp³-hybridized carbons (Fsp3) is 0.0667. The first-order valence-corrected chi connectivity index (χ1v) is 12.4. The van der Waals surface area contributed by atoms with E-state index < -0.39 is 0 Å². The molecule has 7 rings (SSSR count). The number of nitrogens with one attached hydrogen (secondary N) is 3. The smallest absolute Gasteiger partial charge is 0.159 e. The van der Waals surface area contributed by atoms with Gasteiger partial charge >= 0.3 is 0 Å². The summed E-state index contributed by atoms with van der Waals surface area (Å²) < 4.78 is 5.27. The van der Waals surface area contributed by atoms with E-state index in [1.807, 2.05) is 30.6 Å². The number of H-pyrrole nitrogens is 2. The molecule has 0 saturated carbocycles. The summed E-state index contributed by atoms with van der Waals surface area (Å²) in [6, 6.07) is 20.7. The van der Waals surface area contributed by atoms with Crippen LogP contribution in [0.1, 0.15) is 11.1 Å². The van der Waals surface area contributed by atoms with Crippen molar-refractivity contribution in [3.63, 3.8) is 0 Å². The highest BCUT2D eigenvalue weighted by Gasteiger charge is 2.16. The molecule has 0 bridgehead atoms. The summed E-state index contributed by atoms with van der Waals surface area (Å²) in [5, 5.41) is 12.2. The molecule has 8 nitrogen and oxygen atoms in total. The molecule has 0 atom stereocenters.